The first kappa shape index (κ1) is 14.1. The first-order valence-electron chi connectivity index (χ1n) is 6.28. The van der Waals surface area contributed by atoms with Crippen LogP contribution < -0.4 is 15.0 Å². The van der Waals surface area contributed by atoms with Crippen LogP contribution in [0.4, 0.5) is 17.3 Å². The topological polar surface area (TPSA) is 70.5 Å². The molecule has 0 aliphatic heterocycles. The minimum absolute atomic E-state index is 0.0851. The van der Waals surface area contributed by atoms with E-state index in [9.17, 15) is 0 Å². The fourth-order valence-electron chi connectivity index (χ4n) is 1.71. The molecule has 0 bridgehead atoms. The summed E-state index contributed by atoms with van der Waals surface area (Å²) in [5.74, 6) is 2.26. The molecule has 6 heteroatoms. The molecular formula is C14H18N4O2. The van der Waals surface area contributed by atoms with Crippen LogP contribution in [-0.2, 0) is 0 Å². The van der Waals surface area contributed by atoms with Gasteiger partial charge in [0.2, 0.25) is 0 Å². The van der Waals surface area contributed by atoms with Crippen molar-refractivity contribution in [2.75, 3.05) is 37.5 Å². The Kier molecular flexibility index (Phi) is 4.73. The molecule has 2 aromatic rings. The number of ether oxygens (including phenoxy) is 1. The number of anilines is 3. The molecule has 6 nitrogen and oxygen atoms in total. The van der Waals surface area contributed by atoms with Gasteiger partial charge in [0.25, 0.3) is 0 Å². The van der Waals surface area contributed by atoms with Crippen molar-refractivity contribution >= 4 is 17.3 Å². The third kappa shape index (κ3) is 3.58. The molecule has 0 saturated heterocycles. The molecule has 0 atom stereocenters. The molecular weight excluding hydrogens is 256 g/mol. The van der Waals surface area contributed by atoms with Gasteiger partial charge in [-0.2, -0.15) is 0 Å². The van der Waals surface area contributed by atoms with Crippen molar-refractivity contribution in [3.8, 4) is 5.75 Å². The van der Waals surface area contributed by atoms with Gasteiger partial charge in [-0.15, -0.1) is 0 Å². The summed E-state index contributed by atoms with van der Waals surface area (Å²) >= 11 is 0. The lowest BCUT2D eigenvalue weighted by atomic mass is 10.3. The predicted octanol–water partition coefficient (Wildman–Crippen LogP) is 1.66. The highest BCUT2D eigenvalue weighted by atomic mass is 16.5. The molecule has 0 radical (unpaired) electrons. The predicted molar refractivity (Wildman–Crippen MR) is 78.7 cm³/mol. The average molecular weight is 274 g/mol. The molecule has 2 N–H and O–H groups in total. The van der Waals surface area contributed by atoms with E-state index in [1.54, 1.807) is 7.11 Å². The lowest BCUT2D eigenvalue weighted by molar-refractivity contribution is 0.304. The molecule has 2 rings (SSSR count). The second-order valence-electron chi connectivity index (χ2n) is 4.26. The van der Waals surface area contributed by atoms with E-state index in [2.05, 4.69) is 15.3 Å². The highest BCUT2D eigenvalue weighted by molar-refractivity contribution is 5.59. The lowest BCUT2D eigenvalue weighted by Crippen LogP contribution is -2.22. The van der Waals surface area contributed by atoms with Gasteiger partial charge in [-0.3, -0.25) is 0 Å². The van der Waals surface area contributed by atoms with Gasteiger partial charge in [0.05, 0.1) is 13.7 Å². The number of methoxy groups -OCH3 is 1. The van der Waals surface area contributed by atoms with E-state index in [-0.39, 0.29) is 6.61 Å². The number of aliphatic hydroxyl groups is 1. The van der Waals surface area contributed by atoms with Crippen LogP contribution in [-0.4, -0.2) is 42.4 Å². The van der Waals surface area contributed by atoms with Crippen LogP contribution in [0.25, 0.3) is 0 Å². The fraction of sp³-hybridized carbons (Fsp3) is 0.286. The molecule has 0 aliphatic rings. The Balaban J connectivity index is 2.10. The zero-order chi connectivity index (χ0) is 14.4. The molecule has 20 heavy (non-hydrogen) atoms. The maximum Gasteiger partial charge on any atom is 0.135 e. The van der Waals surface area contributed by atoms with Gasteiger partial charge < -0.3 is 20.1 Å². The maximum absolute atomic E-state index is 8.94. The third-order valence-electron chi connectivity index (χ3n) is 2.84. The van der Waals surface area contributed by atoms with Gasteiger partial charge in [0.1, 0.15) is 23.7 Å². The Bertz CT molecular complexity index is 545. The zero-order valence-electron chi connectivity index (χ0n) is 11.6. The summed E-state index contributed by atoms with van der Waals surface area (Å²) in [6.45, 7) is 0.612. The highest BCUT2D eigenvalue weighted by Gasteiger charge is 2.04. The summed E-state index contributed by atoms with van der Waals surface area (Å²) in [5, 5.41) is 12.1. The number of likely N-dealkylation sites (N-methyl/N-ethyl adjacent to an activating group) is 1. The van der Waals surface area contributed by atoms with Crippen molar-refractivity contribution in [1.29, 1.82) is 0 Å². The average Bonchev–Trinajstić information content (AvgIpc) is 2.48. The van der Waals surface area contributed by atoms with Crippen molar-refractivity contribution < 1.29 is 9.84 Å². The number of aliphatic hydroxyl groups excluding tert-OH is 1. The summed E-state index contributed by atoms with van der Waals surface area (Å²) in [4.78, 5) is 10.2. The van der Waals surface area contributed by atoms with Crippen LogP contribution >= 0.6 is 0 Å². The minimum atomic E-state index is 0.0851. The second kappa shape index (κ2) is 6.72. The molecule has 0 aliphatic carbocycles. The Morgan fingerprint density at radius 1 is 1.25 bits per heavy atom. The second-order valence-corrected chi connectivity index (χ2v) is 4.26. The van der Waals surface area contributed by atoms with E-state index in [1.807, 2.05) is 42.3 Å². The van der Waals surface area contributed by atoms with E-state index < -0.39 is 0 Å². The number of nitrogens with zero attached hydrogens (tertiary/aromatic N) is 3. The minimum Gasteiger partial charge on any atom is -0.497 e. The number of hydrogen-bond acceptors (Lipinski definition) is 6. The number of nitrogens with one attached hydrogen (secondary N) is 1. The monoisotopic (exact) mass is 274 g/mol. The third-order valence-corrected chi connectivity index (χ3v) is 2.84. The molecule has 0 fully saturated rings. The Morgan fingerprint density at radius 3 is 2.65 bits per heavy atom. The van der Waals surface area contributed by atoms with Gasteiger partial charge >= 0.3 is 0 Å². The van der Waals surface area contributed by atoms with Crippen molar-refractivity contribution in [3.63, 3.8) is 0 Å². The lowest BCUT2D eigenvalue weighted by Gasteiger charge is -2.17. The van der Waals surface area contributed by atoms with Crippen LogP contribution in [0.5, 0.6) is 5.75 Å². The van der Waals surface area contributed by atoms with E-state index in [4.69, 9.17) is 9.84 Å². The quantitative estimate of drug-likeness (QED) is 0.835. The van der Waals surface area contributed by atoms with E-state index in [0.717, 1.165) is 17.3 Å². The molecule has 0 unspecified atom stereocenters. The highest BCUT2D eigenvalue weighted by Crippen LogP contribution is 2.20. The van der Waals surface area contributed by atoms with Gasteiger partial charge in [-0.05, 0) is 24.3 Å². The van der Waals surface area contributed by atoms with Crippen LogP contribution in [0, 0.1) is 0 Å². The normalized spacial score (nSPS) is 10.2. The van der Waals surface area contributed by atoms with Gasteiger partial charge in [-0.25, -0.2) is 9.97 Å². The summed E-state index contributed by atoms with van der Waals surface area (Å²) < 4.78 is 5.11. The van der Waals surface area contributed by atoms with Crippen LogP contribution in [0.2, 0.25) is 0 Å². The van der Waals surface area contributed by atoms with Gasteiger partial charge in [0.15, 0.2) is 0 Å². The van der Waals surface area contributed by atoms with Crippen molar-refractivity contribution in [2.45, 2.75) is 0 Å². The van der Waals surface area contributed by atoms with Gasteiger partial charge in [-0.1, -0.05) is 0 Å². The smallest absolute Gasteiger partial charge is 0.135 e. The maximum atomic E-state index is 8.94. The standard InChI is InChI=1S/C14H18N4O2/c1-18(7-8-19)14-9-13(15-10-16-14)17-11-3-5-12(20-2)6-4-11/h3-6,9-10,19H,7-8H2,1-2H3,(H,15,16,17). The van der Waals surface area contributed by atoms with E-state index in [0.29, 0.717) is 12.4 Å². The van der Waals surface area contributed by atoms with Crippen molar-refractivity contribution in [1.82, 2.24) is 9.97 Å². The first-order valence-corrected chi connectivity index (χ1v) is 6.28. The van der Waals surface area contributed by atoms with Gasteiger partial charge in [0, 0.05) is 25.3 Å². The Hall–Kier alpha value is -2.34. The van der Waals surface area contributed by atoms with Crippen molar-refractivity contribution in [3.05, 3.63) is 36.7 Å². The number of aromatic nitrogens is 2. The Labute approximate surface area is 118 Å². The molecule has 1 heterocycles. The first-order chi connectivity index (χ1) is 9.72. The largest absolute Gasteiger partial charge is 0.497 e. The van der Waals surface area contributed by atoms with Crippen molar-refractivity contribution in [2.24, 2.45) is 0 Å². The number of hydrogen-bond donors (Lipinski definition) is 2. The SMILES string of the molecule is COc1ccc(Nc2cc(N(C)CCO)ncn2)cc1. The fourth-order valence-corrected chi connectivity index (χ4v) is 1.71. The summed E-state index contributed by atoms with van der Waals surface area (Å²) in [6.07, 6.45) is 1.50. The molecule has 1 aromatic carbocycles. The molecule has 1 aromatic heterocycles. The molecule has 0 amide bonds. The van der Waals surface area contributed by atoms with Crippen LogP contribution in [0.3, 0.4) is 0 Å². The number of rotatable bonds is 6. The van der Waals surface area contributed by atoms with Crippen LogP contribution in [0.1, 0.15) is 0 Å². The van der Waals surface area contributed by atoms with Crippen LogP contribution in [0.15, 0.2) is 36.7 Å². The number of benzene rings is 1. The molecule has 0 saturated carbocycles. The molecule has 0 spiro atoms. The molecule has 106 valence electrons. The Morgan fingerprint density at radius 2 is 2.00 bits per heavy atom. The summed E-state index contributed by atoms with van der Waals surface area (Å²) in [7, 11) is 3.51. The zero-order valence-corrected chi connectivity index (χ0v) is 11.6. The van der Waals surface area contributed by atoms with E-state index >= 15 is 0 Å². The van der Waals surface area contributed by atoms with E-state index in [1.165, 1.54) is 6.33 Å². The summed E-state index contributed by atoms with van der Waals surface area (Å²) in [6, 6.07) is 9.42. The summed E-state index contributed by atoms with van der Waals surface area (Å²) in [5.41, 5.74) is 0.917.